The van der Waals surface area contributed by atoms with Crippen molar-refractivity contribution >= 4 is 0 Å². The van der Waals surface area contributed by atoms with Crippen LogP contribution in [0, 0.1) is 17.8 Å². The fraction of sp³-hybridized carbons (Fsp3) is 0.467. The lowest BCUT2D eigenvalue weighted by Crippen LogP contribution is -2.23. The smallest absolute Gasteiger partial charge is 0.0815 e. The Balaban J connectivity index is 1.63. The first-order valence-electron chi connectivity index (χ1n) is 7.04. The third-order valence-corrected chi connectivity index (χ3v) is 4.71. The van der Waals surface area contributed by atoms with Gasteiger partial charge in [0.25, 0.3) is 0 Å². The van der Waals surface area contributed by atoms with E-state index in [9.17, 15) is 0 Å². The average molecular weight is 254 g/mol. The highest BCUT2D eigenvalue weighted by atomic mass is 15.4. The molecule has 2 fully saturated rings. The van der Waals surface area contributed by atoms with Crippen LogP contribution in [0.25, 0.3) is 5.69 Å². The predicted molar refractivity (Wildman–Crippen MR) is 72.6 cm³/mol. The number of nitrogens with two attached hydrogens (primary N) is 1. The molecule has 0 radical (unpaired) electrons. The molecule has 1 aromatic carbocycles. The van der Waals surface area contributed by atoms with E-state index in [1.54, 1.807) is 0 Å². The van der Waals surface area contributed by atoms with Crippen molar-refractivity contribution in [2.45, 2.75) is 25.3 Å². The molecule has 1 heterocycles. The second-order valence-electron chi connectivity index (χ2n) is 5.92. The highest BCUT2D eigenvalue weighted by Crippen LogP contribution is 2.56. The molecule has 2 saturated carbocycles. The number of aromatic nitrogens is 3. The van der Waals surface area contributed by atoms with Crippen molar-refractivity contribution < 1.29 is 0 Å². The maximum absolute atomic E-state index is 6.46. The molecule has 0 saturated heterocycles. The van der Waals surface area contributed by atoms with Crippen LogP contribution in [0.1, 0.15) is 31.0 Å². The van der Waals surface area contributed by atoms with Crippen LogP contribution in [-0.4, -0.2) is 15.0 Å². The van der Waals surface area contributed by atoms with Gasteiger partial charge in [0.2, 0.25) is 0 Å². The standard InChI is InChI=1S/C15H18N4/c16-15(12-7-10-6-11(10)8-12)14-9-17-18-19(14)13-4-2-1-3-5-13/h1-5,9-12,15H,6-8,16H2. The number of benzene rings is 1. The van der Waals surface area contributed by atoms with Crippen molar-refractivity contribution in [2.75, 3.05) is 0 Å². The van der Waals surface area contributed by atoms with Gasteiger partial charge in [-0.25, -0.2) is 4.68 Å². The number of para-hydroxylation sites is 1. The van der Waals surface area contributed by atoms with Gasteiger partial charge in [0.05, 0.1) is 23.6 Å². The second kappa shape index (κ2) is 4.17. The van der Waals surface area contributed by atoms with E-state index < -0.39 is 0 Å². The summed E-state index contributed by atoms with van der Waals surface area (Å²) in [5, 5.41) is 8.25. The highest BCUT2D eigenvalue weighted by molar-refractivity contribution is 5.32. The van der Waals surface area contributed by atoms with Gasteiger partial charge in [-0.15, -0.1) is 5.10 Å². The maximum atomic E-state index is 6.46. The molecule has 4 nitrogen and oxygen atoms in total. The van der Waals surface area contributed by atoms with Crippen LogP contribution in [-0.2, 0) is 0 Å². The molecular weight excluding hydrogens is 236 g/mol. The summed E-state index contributed by atoms with van der Waals surface area (Å²) in [7, 11) is 0. The van der Waals surface area contributed by atoms with E-state index in [4.69, 9.17) is 5.73 Å². The molecule has 2 aromatic rings. The Kier molecular flexibility index (Phi) is 2.45. The summed E-state index contributed by atoms with van der Waals surface area (Å²) in [6.45, 7) is 0. The minimum absolute atomic E-state index is 0.0583. The van der Waals surface area contributed by atoms with Crippen LogP contribution < -0.4 is 5.73 Å². The predicted octanol–water partition coefficient (Wildman–Crippen LogP) is 2.31. The third kappa shape index (κ3) is 1.87. The van der Waals surface area contributed by atoms with E-state index in [1.165, 1.54) is 19.3 Å². The Labute approximate surface area is 112 Å². The van der Waals surface area contributed by atoms with E-state index in [0.717, 1.165) is 23.2 Å². The van der Waals surface area contributed by atoms with Crippen molar-refractivity contribution in [2.24, 2.45) is 23.5 Å². The minimum atomic E-state index is 0.0583. The molecule has 19 heavy (non-hydrogen) atoms. The van der Waals surface area contributed by atoms with Crippen LogP contribution in [0.3, 0.4) is 0 Å². The molecule has 0 spiro atoms. The molecule has 1 aromatic heterocycles. The van der Waals surface area contributed by atoms with Gasteiger partial charge in [0.15, 0.2) is 0 Å². The van der Waals surface area contributed by atoms with Crippen LogP contribution >= 0.6 is 0 Å². The van der Waals surface area contributed by atoms with Crippen LogP contribution in [0.2, 0.25) is 0 Å². The molecule has 0 bridgehead atoms. The summed E-state index contributed by atoms with van der Waals surface area (Å²) in [6.07, 6.45) is 5.82. The lowest BCUT2D eigenvalue weighted by Gasteiger charge is -2.21. The molecule has 2 N–H and O–H groups in total. The normalized spacial score (nSPS) is 30.1. The lowest BCUT2D eigenvalue weighted by molar-refractivity contribution is 0.392. The maximum Gasteiger partial charge on any atom is 0.0815 e. The molecule has 98 valence electrons. The van der Waals surface area contributed by atoms with Gasteiger partial charge in [-0.05, 0) is 49.1 Å². The lowest BCUT2D eigenvalue weighted by atomic mass is 9.93. The van der Waals surface area contributed by atoms with Crippen molar-refractivity contribution in [1.29, 1.82) is 0 Å². The fourth-order valence-corrected chi connectivity index (χ4v) is 3.54. The van der Waals surface area contributed by atoms with Crippen molar-refractivity contribution in [3.05, 3.63) is 42.2 Å². The summed E-state index contributed by atoms with van der Waals surface area (Å²) < 4.78 is 1.88. The molecule has 0 amide bonds. The average Bonchev–Trinajstić information content (AvgIpc) is 2.91. The van der Waals surface area contributed by atoms with Gasteiger partial charge < -0.3 is 5.73 Å². The number of fused-ring (bicyclic) bond motifs is 1. The Bertz CT molecular complexity index is 567. The monoisotopic (exact) mass is 254 g/mol. The largest absolute Gasteiger partial charge is 0.322 e. The van der Waals surface area contributed by atoms with Gasteiger partial charge in [0.1, 0.15) is 0 Å². The molecular formula is C15H18N4. The number of rotatable bonds is 3. The quantitative estimate of drug-likeness (QED) is 0.914. The first-order valence-corrected chi connectivity index (χ1v) is 7.04. The molecule has 2 aliphatic rings. The van der Waals surface area contributed by atoms with Gasteiger partial charge in [-0.3, -0.25) is 0 Å². The summed E-state index contributed by atoms with van der Waals surface area (Å²) in [5.74, 6) is 2.51. The molecule has 4 rings (SSSR count). The van der Waals surface area contributed by atoms with Gasteiger partial charge in [0, 0.05) is 0 Å². The van der Waals surface area contributed by atoms with Crippen LogP contribution in [0.4, 0.5) is 0 Å². The summed E-state index contributed by atoms with van der Waals surface area (Å²) >= 11 is 0. The SMILES string of the molecule is NC(c1cnnn1-c1ccccc1)C1CC2CC2C1. The van der Waals surface area contributed by atoms with Gasteiger partial charge in [-0.2, -0.15) is 0 Å². The van der Waals surface area contributed by atoms with E-state index in [1.807, 2.05) is 41.2 Å². The van der Waals surface area contributed by atoms with Gasteiger partial charge >= 0.3 is 0 Å². The van der Waals surface area contributed by atoms with E-state index in [0.29, 0.717) is 5.92 Å². The zero-order valence-electron chi connectivity index (χ0n) is 10.8. The third-order valence-electron chi connectivity index (χ3n) is 4.71. The van der Waals surface area contributed by atoms with E-state index >= 15 is 0 Å². The molecule has 2 aliphatic carbocycles. The fourth-order valence-electron chi connectivity index (χ4n) is 3.54. The first-order chi connectivity index (χ1) is 9.33. The molecule has 0 aliphatic heterocycles. The molecule has 3 unspecified atom stereocenters. The van der Waals surface area contributed by atoms with E-state index in [-0.39, 0.29) is 6.04 Å². The Morgan fingerprint density at radius 2 is 1.84 bits per heavy atom. The number of hydrogen-bond donors (Lipinski definition) is 1. The molecule has 3 atom stereocenters. The highest BCUT2D eigenvalue weighted by Gasteiger charge is 2.47. The minimum Gasteiger partial charge on any atom is -0.322 e. The number of nitrogens with zero attached hydrogens (tertiary/aromatic N) is 3. The number of hydrogen-bond acceptors (Lipinski definition) is 3. The van der Waals surface area contributed by atoms with E-state index in [2.05, 4.69) is 10.3 Å². The summed E-state index contributed by atoms with van der Waals surface area (Å²) in [4.78, 5) is 0. The van der Waals surface area contributed by atoms with Crippen molar-refractivity contribution in [1.82, 2.24) is 15.0 Å². The Morgan fingerprint density at radius 1 is 1.11 bits per heavy atom. The summed E-state index contributed by atoms with van der Waals surface area (Å²) in [6, 6.07) is 10.2. The van der Waals surface area contributed by atoms with Crippen molar-refractivity contribution in [3.63, 3.8) is 0 Å². The Hall–Kier alpha value is -1.68. The van der Waals surface area contributed by atoms with Crippen LogP contribution in [0.5, 0.6) is 0 Å². The Morgan fingerprint density at radius 3 is 2.58 bits per heavy atom. The first kappa shape index (κ1) is 11.2. The zero-order chi connectivity index (χ0) is 12.8. The topological polar surface area (TPSA) is 56.7 Å². The van der Waals surface area contributed by atoms with Crippen molar-refractivity contribution in [3.8, 4) is 5.69 Å². The van der Waals surface area contributed by atoms with Gasteiger partial charge in [-0.1, -0.05) is 23.4 Å². The van der Waals surface area contributed by atoms with Crippen LogP contribution in [0.15, 0.2) is 36.5 Å². The summed E-state index contributed by atoms with van der Waals surface area (Å²) in [5.41, 5.74) is 8.54. The second-order valence-corrected chi connectivity index (χ2v) is 5.92. The zero-order valence-corrected chi connectivity index (χ0v) is 10.8. The molecule has 4 heteroatoms.